The molecule has 124 valence electrons. The van der Waals surface area contributed by atoms with Gasteiger partial charge in [0.1, 0.15) is 11.9 Å². The van der Waals surface area contributed by atoms with E-state index in [1.54, 1.807) is 6.92 Å². The van der Waals surface area contributed by atoms with Gasteiger partial charge in [-0.15, -0.1) is 0 Å². The number of carbonyl (C=O) groups excluding carboxylic acids is 1. The maximum absolute atomic E-state index is 11.8. The number of H-pyrrole nitrogens is 1. The van der Waals surface area contributed by atoms with E-state index in [9.17, 15) is 4.79 Å². The van der Waals surface area contributed by atoms with Crippen molar-refractivity contribution in [2.45, 2.75) is 58.6 Å². The molecular weight excluding hydrogens is 290 g/mol. The Morgan fingerprint density at radius 3 is 3.00 bits per heavy atom. The number of nitrogens with zero attached hydrogens (tertiary/aromatic N) is 2. The van der Waals surface area contributed by atoms with Crippen molar-refractivity contribution in [3.63, 3.8) is 0 Å². The van der Waals surface area contributed by atoms with Gasteiger partial charge in [-0.25, -0.2) is 0 Å². The van der Waals surface area contributed by atoms with Gasteiger partial charge in [-0.1, -0.05) is 0 Å². The molecule has 0 aliphatic heterocycles. The molecule has 1 N–H and O–H groups in total. The molecule has 0 radical (unpaired) electrons. The van der Waals surface area contributed by atoms with Gasteiger partial charge in [0.2, 0.25) is 5.91 Å². The number of benzene rings is 1. The van der Waals surface area contributed by atoms with Gasteiger partial charge in [0.25, 0.3) is 0 Å². The van der Waals surface area contributed by atoms with Crippen LogP contribution >= 0.6 is 0 Å². The van der Waals surface area contributed by atoms with Crippen molar-refractivity contribution >= 4 is 16.8 Å². The zero-order chi connectivity index (χ0) is 16.4. The molecule has 2 atom stereocenters. The first-order valence-electron chi connectivity index (χ1n) is 8.46. The number of rotatable bonds is 4. The summed E-state index contributed by atoms with van der Waals surface area (Å²) in [6.45, 7) is 6.54. The molecule has 5 heteroatoms. The van der Waals surface area contributed by atoms with Crippen molar-refractivity contribution < 1.29 is 9.53 Å². The van der Waals surface area contributed by atoms with E-state index in [1.807, 2.05) is 30.2 Å². The number of fused-ring (bicyclic) bond motifs is 1. The van der Waals surface area contributed by atoms with Gasteiger partial charge in [0.15, 0.2) is 0 Å². The third kappa shape index (κ3) is 3.19. The lowest BCUT2D eigenvalue weighted by Gasteiger charge is -2.36. The van der Waals surface area contributed by atoms with E-state index in [0.717, 1.165) is 54.4 Å². The van der Waals surface area contributed by atoms with Crippen molar-refractivity contribution in [3.05, 3.63) is 23.9 Å². The molecule has 1 aliphatic carbocycles. The molecular formula is C18H25N3O2. The van der Waals surface area contributed by atoms with Crippen LogP contribution in [-0.2, 0) is 4.79 Å². The molecule has 23 heavy (non-hydrogen) atoms. The number of hydrogen-bond acceptors (Lipinski definition) is 3. The smallest absolute Gasteiger partial charge is 0.219 e. The number of aryl methyl sites for hydroxylation is 1. The largest absolute Gasteiger partial charge is 0.490 e. The van der Waals surface area contributed by atoms with Gasteiger partial charge in [-0.2, -0.15) is 5.10 Å². The quantitative estimate of drug-likeness (QED) is 0.940. The van der Waals surface area contributed by atoms with Crippen molar-refractivity contribution in [2.75, 3.05) is 6.54 Å². The van der Waals surface area contributed by atoms with Crippen LogP contribution in [0.25, 0.3) is 10.9 Å². The standard InChI is InChI=1S/C18H25N3O2/c1-4-21(13(3)22)14-6-5-7-15(10-14)23-18-9-8-17-16(12(18)2)11-19-20-17/h8-9,11,14-15H,4-7,10H2,1-3H3,(H,19,20)/t14-,15+/m1/s1. The van der Waals surface area contributed by atoms with Crippen LogP contribution in [0.2, 0.25) is 0 Å². The summed E-state index contributed by atoms with van der Waals surface area (Å²) < 4.78 is 6.29. The van der Waals surface area contributed by atoms with Gasteiger partial charge in [-0.05, 0) is 45.2 Å². The lowest BCUT2D eigenvalue weighted by atomic mass is 9.91. The lowest BCUT2D eigenvalue weighted by Crippen LogP contribution is -2.43. The highest BCUT2D eigenvalue weighted by atomic mass is 16.5. The van der Waals surface area contributed by atoms with Crippen molar-refractivity contribution in [1.29, 1.82) is 0 Å². The minimum atomic E-state index is 0.161. The minimum Gasteiger partial charge on any atom is -0.490 e. The molecule has 1 aliphatic rings. The van der Waals surface area contributed by atoms with E-state index >= 15 is 0 Å². The fraction of sp³-hybridized carbons (Fsp3) is 0.556. The van der Waals surface area contributed by atoms with E-state index < -0.39 is 0 Å². The van der Waals surface area contributed by atoms with Crippen LogP contribution in [-0.4, -0.2) is 39.7 Å². The second kappa shape index (κ2) is 6.60. The number of carbonyl (C=O) groups is 1. The van der Waals surface area contributed by atoms with Crippen LogP contribution in [0, 0.1) is 6.92 Å². The number of aromatic amines is 1. The number of amides is 1. The van der Waals surface area contributed by atoms with Crippen LogP contribution in [0.1, 0.15) is 45.1 Å². The average Bonchev–Trinajstić information content (AvgIpc) is 3.00. The summed E-state index contributed by atoms with van der Waals surface area (Å²) in [6, 6.07) is 4.33. The Kier molecular flexibility index (Phi) is 4.55. The molecule has 1 heterocycles. The number of aromatic nitrogens is 2. The molecule has 0 saturated heterocycles. The predicted octanol–water partition coefficient (Wildman–Crippen LogP) is 3.43. The number of hydrogen-bond donors (Lipinski definition) is 1. The average molecular weight is 315 g/mol. The third-order valence-electron chi connectivity index (χ3n) is 4.92. The summed E-state index contributed by atoms with van der Waals surface area (Å²) in [7, 11) is 0. The Hall–Kier alpha value is -2.04. The monoisotopic (exact) mass is 315 g/mol. The highest BCUT2D eigenvalue weighted by Crippen LogP contribution is 2.31. The SMILES string of the molecule is CCN(C(C)=O)[C@@H]1CCC[C@H](Oc2ccc3[nH]ncc3c2C)C1. The van der Waals surface area contributed by atoms with E-state index in [2.05, 4.69) is 17.1 Å². The van der Waals surface area contributed by atoms with E-state index in [4.69, 9.17) is 4.74 Å². The van der Waals surface area contributed by atoms with E-state index in [0.29, 0.717) is 6.04 Å². The highest BCUT2D eigenvalue weighted by molar-refractivity contribution is 5.83. The second-order valence-corrected chi connectivity index (χ2v) is 6.39. The fourth-order valence-electron chi connectivity index (χ4n) is 3.69. The van der Waals surface area contributed by atoms with Gasteiger partial charge in [0, 0.05) is 36.9 Å². The summed E-state index contributed by atoms with van der Waals surface area (Å²) in [5.74, 6) is 1.09. The summed E-state index contributed by atoms with van der Waals surface area (Å²) >= 11 is 0. The summed E-state index contributed by atoms with van der Waals surface area (Å²) in [5, 5.41) is 8.18. The summed E-state index contributed by atoms with van der Waals surface area (Å²) in [6.07, 6.45) is 6.16. The Bertz CT molecular complexity index is 695. The van der Waals surface area contributed by atoms with Crippen molar-refractivity contribution in [2.24, 2.45) is 0 Å². The van der Waals surface area contributed by atoms with Gasteiger partial charge in [0.05, 0.1) is 11.7 Å². The number of ether oxygens (including phenoxy) is 1. The van der Waals surface area contributed by atoms with Gasteiger partial charge >= 0.3 is 0 Å². The molecule has 1 fully saturated rings. The Morgan fingerprint density at radius 2 is 2.26 bits per heavy atom. The Balaban J connectivity index is 1.73. The normalized spacial score (nSPS) is 21.3. The molecule has 2 aromatic rings. The first kappa shape index (κ1) is 15.8. The van der Waals surface area contributed by atoms with E-state index in [1.165, 1.54) is 0 Å². The molecule has 1 saturated carbocycles. The number of nitrogens with one attached hydrogen (secondary N) is 1. The maximum Gasteiger partial charge on any atom is 0.219 e. The molecule has 0 spiro atoms. The van der Waals surface area contributed by atoms with Crippen LogP contribution < -0.4 is 4.74 Å². The van der Waals surface area contributed by atoms with Crippen LogP contribution in [0.3, 0.4) is 0 Å². The zero-order valence-corrected chi connectivity index (χ0v) is 14.1. The molecule has 0 unspecified atom stereocenters. The molecule has 1 amide bonds. The van der Waals surface area contributed by atoms with Crippen molar-refractivity contribution in [3.8, 4) is 5.75 Å². The summed E-state index contributed by atoms with van der Waals surface area (Å²) in [4.78, 5) is 13.8. The molecule has 1 aromatic carbocycles. The van der Waals surface area contributed by atoms with Crippen LogP contribution in [0.5, 0.6) is 5.75 Å². The maximum atomic E-state index is 11.8. The lowest BCUT2D eigenvalue weighted by molar-refractivity contribution is -0.132. The molecule has 5 nitrogen and oxygen atoms in total. The molecule has 0 bridgehead atoms. The van der Waals surface area contributed by atoms with Crippen molar-refractivity contribution in [1.82, 2.24) is 15.1 Å². The predicted molar refractivity (Wildman–Crippen MR) is 90.6 cm³/mol. The fourth-order valence-corrected chi connectivity index (χ4v) is 3.69. The molecule has 1 aromatic heterocycles. The summed E-state index contributed by atoms with van der Waals surface area (Å²) in [5.41, 5.74) is 2.15. The second-order valence-electron chi connectivity index (χ2n) is 6.39. The first-order chi connectivity index (χ1) is 11.1. The first-order valence-corrected chi connectivity index (χ1v) is 8.46. The highest BCUT2D eigenvalue weighted by Gasteiger charge is 2.28. The Labute approximate surface area is 137 Å². The third-order valence-corrected chi connectivity index (χ3v) is 4.92. The zero-order valence-electron chi connectivity index (χ0n) is 14.1. The topological polar surface area (TPSA) is 58.2 Å². The minimum absolute atomic E-state index is 0.161. The molecule has 3 rings (SSSR count). The van der Waals surface area contributed by atoms with Crippen LogP contribution in [0.15, 0.2) is 18.3 Å². The van der Waals surface area contributed by atoms with Gasteiger partial charge in [-0.3, -0.25) is 9.89 Å². The van der Waals surface area contributed by atoms with E-state index in [-0.39, 0.29) is 12.0 Å². The van der Waals surface area contributed by atoms with Gasteiger partial charge < -0.3 is 9.64 Å². The Morgan fingerprint density at radius 1 is 1.43 bits per heavy atom. The van der Waals surface area contributed by atoms with Crippen LogP contribution in [0.4, 0.5) is 0 Å².